The molecule has 3 aromatic carbocycles. The molecule has 0 saturated heterocycles. The number of ether oxygens (including phenoxy) is 1. The number of halogens is 1. The summed E-state index contributed by atoms with van der Waals surface area (Å²) in [5.74, 6) is -0.654. The summed E-state index contributed by atoms with van der Waals surface area (Å²) >= 11 is 6.29. The number of nitrogens with one attached hydrogen (secondary N) is 1. The number of hydrogen-bond donors (Lipinski definition) is 1. The maximum atomic E-state index is 14.1. The van der Waals surface area contributed by atoms with E-state index in [1.165, 1.54) is 30.2 Å². The van der Waals surface area contributed by atoms with Crippen molar-refractivity contribution in [3.63, 3.8) is 0 Å². The first-order valence-corrected chi connectivity index (χ1v) is 15.3. The molecule has 0 bridgehead atoms. The van der Waals surface area contributed by atoms with E-state index >= 15 is 0 Å². The molecular weight excluding hydrogens is 562 g/mol. The van der Waals surface area contributed by atoms with Gasteiger partial charge in [0.1, 0.15) is 18.3 Å². The lowest BCUT2D eigenvalue weighted by Gasteiger charge is -2.33. The number of sulfonamides is 1. The largest absolute Gasteiger partial charge is 0.495 e. The number of nitrogens with zero attached hydrogens (tertiary/aromatic N) is 2. The molecule has 1 N–H and O–H groups in total. The average Bonchev–Trinajstić information content (AvgIpc) is 2.95. The molecule has 3 aromatic rings. The van der Waals surface area contributed by atoms with Crippen LogP contribution in [0.1, 0.15) is 43.9 Å². The van der Waals surface area contributed by atoms with Gasteiger partial charge >= 0.3 is 0 Å². The minimum Gasteiger partial charge on any atom is -0.495 e. The minimum atomic E-state index is -4.25. The highest BCUT2D eigenvalue weighted by Gasteiger charge is 2.34. The molecule has 0 unspecified atom stereocenters. The summed E-state index contributed by atoms with van der Waals surface area (Å²) in [4.78, 5) is 28.8. The molecule has 0 aliphatic heterocycles. The van der Waals surface area contributed by atoms with E-state index in [2.05, 4.69) is 5.32 Å². The summed E-state index contributed by atoms with van der Waals surface area (Å²) < 4.78 is 34.6. The van der Waals surface area contributed by atoms with E-state index in [0.717, 1.165) is 27.4 Å². The van der Waals surface area contributed by atoms with Gasteiger partial charge < -0.3 is 15.0 Å². The number of amides is 2. The van der Waals surface area contributed by atoms with E-state index in [-0.39, 0.29) is 39.8 Å². The van der Waals surface area contributed by atoms with Crippen LogP contribution in [-0.2, 0) is 26.2 Å². The Morgan fingerprint density at radius 1 is 1.00 bits per heavy atom. The second kappa shape index (κ2) is 13.9. The number of benzene rings is 3. The second-order valence-corrected chi connectivity index (χ2v) is 12.4. The van der Waals surface area contributed by atoms with Crippen LogP contribution in [0.25, 0.3) is 0 Å². The zero-order valence-electron chi connectivity index (χ0n) is 24.3. The predicted molar refractivity (Wildman–Crippen MR) is 163 cm³/mol. The average molecular weight is 600 g/mol. The van der Waals surface area contributed by atoms with Gasteiger partial charge in [-0.05, 0) is 75.6 Å². The maximum absolute atomic E-state index is 14.1. The Kier molecular flexibility index (Phi) is 10.8. The van der Waals surface area contributed by atoms with Crippen molar-refractivity contribution in [1.82, 2.24) is 10.2 Å². The molecule has 41 heavy (non-hydrogen) atoms. The van der Waals surface area contributed by atoms with Gasteiger partial charge in [0, 0.05) is 17.6 Å². The van der Waals surface area contributed by atoms with Crippen molar-refractivity contribution in [1.29, 1.82) is 0 Å². The number of rotatable bonds is 12. The lowest BCUT2D eigenvalue weighted by molar-refractivity contribution is -0.139. The molecule has 8 nitrogen and oxygen atoms in total. The fraction of sp³-hybridized carbons (Fsp3) is 0.355. The lowest BCUT2D eigenvalue weighted by atomic mass is 10.1. The normalized spacial score (nSPS) is 12.8. The Morgan fingerprint density at radius 2 is 1.66 bits per heavy atom. The van der Waals surface area contributed by atoms with Gasteiger partial charge in [0.15, 0.2) is 0 Å². The summed E-state index contributed by atoms with van der Waals surface area (Å²) in [5, 5.41) is 3.21. The van der Waals surface area contributed by atoms with Crippen LogP contribution in [-0.4, -0.2) is 50.9 Å². The number of carbonyl (C=O) groups is 2. The van der Waals surface area contributed by atoms with E-state index in [0.29, 0.717) is 0 Å². The number of carbonyl (C=O) groups excluding carboxylic acids is 2. The third kappa shape index (κ3) is 7.80. The summed E-state index contributed by atoms with van der Waals surface area (Å²) in [5.41, 5.74) is 2.79. The van der Waals surface area contributed by atoms with Crippen molar-refractivity contribution in [3.05, 3.63) is 88.4 Å². The van der Waals surface area contributed by atoms with Crippen LogP contribution in [0, 0.1) is 13.8 Å². The molecule has 10 heteroatoms. The first kappa shape index (κ1) is 32.0. The minimum absolute atomic E-state index is 0.00550. The molecule has 3 rings (SSSR count). The van der Waals surface area contributed by atoms with E-state index in [9.17, 15) is 18.0 Å². The van der Waals surface area contributed by atoms with Gasteiger partial charge in [-0.25, -0.2) is 8.42 Å². The van der Waals surface area contributed by atoms with E-state index in [1.807, 2.05) is 52.0 Å². The van der Waals surface area contributed by atoms with Crippen molar-refractivity contribution in [2.45, 2.75) is 64.6 Å². The quantitative estimate of drug-likeness (QED) is 0.297. The molecule has 2 amide bonds. The van der Waals surface area contributed by atoms with Crippen LogP contribution < -0.4 is 14.4 Å². The highest BCUT2D eigenvalue weighted by atomic mass is 35.5. The first-order valence-electron chi connectivity index (χ1n) is 13.5. The third-order valence-electron chi connectivity index (χ3n) is 7.07. The molecule has 0 spiro atoms. The van der Waals surface area contributed by atoms with Crippen molar-refractivity contribution in [3.8, 4) is 5.75 Å². The smallest absolute Gasteiger partial charge is 0.264 e. The molecule has 0 aliphatic carbocycles. The van der Waals surface area contributed by atoms with E-state index in [1.54, 1.807) is 31.2 Å². The van der Waals surface area contributed by atoms with Crippen molar-refractivity contribution >= 4 is 39.1 Å². The Labute approximate surface area is 248 Å². The Morgan fingerprint density at radius 3 is 2.27 bits per heavy atom. The highest BCUT2D eigenvalue weighted by Crippen LogP contribution is 2.35. The van der Waals surface area contributed by atoms with Gasteiger partial charge in [-0.3, -0.25) is 13.9 Å². The second-order valence-electron chi connectivity index (χ2n) is 10.1. The Hall–Kier alpha value is -3.56. The lowest BCUT2D eigenvalue weighted by Crippen LogP contribution is -2.52. The van der Waals surface area contributed by atoms with Crippen LogP contribution in [0.4, 0.5) is 5.69 Å². The van der Waals surface area contributed by atoms with Crippen LogP contribution >= 0.6 is 11.6 Å². The van der Waals surface area contributed by atoms with Crippen LogP contribution in [0.5, 0.6) is 5.75 Å². The molecule has 0 aromatic heterocycles. The van der Waals surface area contributed by atoms with Gasteiger partial charge in [-0.1, -0.05) is 60.5 Å². The standard InChI is InChI=1S/C31H38ClN3O5S/c1-7-23(4)33-31(37)24(5)34(19-25-11-9-8-10-22(25)3)30(36)20-35(28-18-26(32)14-17-29(28)40-6)41(38,39)27-15-12-21(2)13-16-27/h8-18,23-24H,7,19-20H2,1-6H3,(H,33,37)/t23-,24+/m1/s1. The molecule has 2 atom stereocenters. The number of aryl methyl sites for hydroxylation is 2. The van der Waals surface area contributed by atoms with Gasteiger partial charge in [-0.2, -0.15) is 0 Å². The van der Waals surface area contributed by atoms with Gasteiger partial charge in [0.25, 0.3) is 10.0 Å². The Balaban J connectivity index is 2.11. The first-order chi connectivity index (χ1) is 19.4. The molecule has 0 radical (unpaired) electrons. The van der Waals surface area contributed by atoms with Crippen molar-refractivity contribution in [2.24, 2.45) is 0 Å². The summed E-state index contributed by atoms with van der Waals surface area (Å²) in [7, 11) is -2.84. The van der Waals surface area contributed by atoms with Gasteiger partial charge in [0.05, 0.1) is 17.7 Å². The van der Waals surface area contributed by atoms with Gasteiger partial charge in [0.2, 0.25) is 11.8 Å². The van der Waals surface area contributed by atoms with E-state index < -0.39 is 28.5 Å². The van der Waals surface area contributed by atoms with Crippen molar-refractivity contribution < 1.29 is 22.7 Å². The van der Waals surface area contributed by atoms with Gasteiger partial charge in [-0.15, -0.1) is 0 Å². The number of anilines is 1. The molecular formula is C31H38ClN3O5S. The molecule has 0 heterocycles. The molecule has 220 valence electrons. The number of methoxy groups -OCH3 is 1. The van der Waals surface area contributed by atoms with E-state index in [4.69, 9.17) is 16.3 Å². The third-order valence-corrected chi connectivity index (χ3v) is 9.08. The molecule has 0 aliphatic rings. The highest BCUT2D eigenvalue weighted by molar-refractivity contribution is 7.92. The SMILES string of the molecule is CC[C@@H](C)NC(=O)[C@H](C)N(Cc1ccccc1C)C(=O)CN(c1cc(Cl)ccc1OC)S(=O)(=O)c1ccc(C)cc1. The number of hydrogen-bond acceptors (Lipinski definition) is 5. The summed E-state index contributed by atoms with van der Waals surface area (Å²) in [6, 6.07) is 17.5. The Bertz CT molecular complexity index is 1480. The van der Waals surface area contributed by atoms with Crippen LogP contribution in [0.3, 0.4) is 0 Å². The predicted octanol–water partition coefficient (Wildman–Crippen LogP) is 5.49. The van der Waals surface area contributed by atoms with Crippen LogP contribution in [0.2, 0.25) is 5.02 Å². The molecule has 0 fully saturated rings. The topological polar surface area (TPSA) is 96.0 Å². The maximum Gasteiger partial charge on any atom is 0.264 e. The van der Waals surface area contributed by atoms with Crippen molar-refractivity contribution in [2.75, 3.05) is 18.0 Å². The fourth-order valence-electron chi connectivity index (χ4n) is 4.23. The molecule has 0 saturated carbocycles. The summed E-state index contributed by atoms with van der Waals surface area (Å²) in [6.45, 7) is 8.80. The zero-order chi connectivity index (χ0) is 30.3. The zero-order valence-corrected chi connectivity index (χ0v) is 25.9. The fourth-order valence-corrected chi connectivity index (χ4v) is 5.81. The monoisotopic (exact) mass is 599 g/mol. The van der Waals surface area contributed by atoms with Crippen LogP contribution in [0.15, 0.2) is 71.6 Å². The summed E-state index contributed by atoms with van der Waals surface area (Å²) in [6.07, 6.45) is 0.724.